The smallest absolute Gasteiger partial charge is 0.243 e. The van der Waals surface area contributed by atoms with Crippen molar-refractivity contribution in [2.45, 2.75) is 6.54 Å². The second kappa shape index (κ2) is 3.32. The molecule has 2 aromatic heterocycles. The lowest BCUT2D eigenvalue weighted by molar-refractivity contribution is 0.683. The van der Waals surface area contributed by atoms with Crippen molar-refractivity contribution >= 4 is 11.9 Å². The molecule has 0 unspecified atom stereocenters. The van der Waals surface area contributed by atoms with Crippen LogP contribution in [0, 0.1) is 0 Å². The molecule has 0 bridgehead atoms. The minimum absolute atomic E-state index is 0.288. The van der Waals surface area contributed by atoms with Crippen LogP contribution in [-0.4, -0.2) is 30.2 Å². The lowest BCUT2D eigenvalue weighted by Crippen LogP contribution is -2.06. The van der Waals surface area contributed by atoms with Gasteiger partial charge in [0.1, 0.15) is 0 Å². The van der Waals surface area contributed by atoms with Crippen molar-refractivity contribution < 1.29 is 0 Å². The predicted molar refractivity (Wildman–Crippen MR) is 49.1 cm³/mol. The lowest BCUT2D eigenvalue weighted by Gasteiger charge is -2.00. The van der Waals surface area contributed by atoms with Gasteiger partial charge in [-0.2, -0.15) is 4.98 Å². The summed E-state index contributed by atoms with van der Waals surface area (Å²) in [6, 6.07) is 0. The molecule has 8 heteroatoms. The fraction of sp³-hybridized carbons (Fsp3) is 0.333. The SMILES string of the molecule is Cn1nncc1CNc1n[nH]c(N)n1. The topological polar surface area (TPSA) is 110 Å². The highest BCUT2D eigenvalue weighted by molar-refractivity contribution is 5.30. The molecule has 0 amide bonds. The minimum atomic E-state index is 0.288. The summed E-state index contributed by atoms with van der Waals surface area (Å²) >= 11 is 0. The molecule has 0 radical (unpaired) electrons. The number of hydrogen-bond donors (Lipinski definition) is 3. The molecule has 8 nitrogen and oxygen atoms in total. The van der Waals surface area contributed by atoms with E-state index >= 15 is 0 Å². The number of hydrogen-bond acceptors (Lipinski definition) is 6. The minimum Gasteiger partial charge on any atom is -0.368 e. The van der Waals surface area contributed by atoms with Crippen LogP contribution >= 0.6 is 0 Å². The molecule has 0 aliphatic carbocycles. The van der Waals surface area contributed by atoms with Crippen LogP contribution in [0.15, 0.2) is 6.20 Å². The predicted octanol–water partition coefficient (Wildman–Crippen LogP) is -0.873. The summed E-state index contributed by atoms with van der Waals surface area (Å²) in [5.74, 6) is 0.749. The first kappa shape index (κ1) is 8.48. The first-order valence-electron chi connectivity index (χ1n) is 4.01. The maximum Gasteiger partial charge on any atom is 0.243 e. The molecule has 2 aromatic rings. The van der Waals surface area contributed by atoms with Gasteiger partial charge in [0.2, 0.25) is 11.9 Å². The van der Waals surface area contributed by atoms with Crippen molar-refractivity contribution in [1.82, 2.24) is 30.2 Å². The Kier molecular flexibility index (Phi) is 2.01. The molecule has 0 atom stereocenters. The first-order valence-corrected chi connectivity index (χ1v) is 4.01. The van der Waals surface area contributed by atoms with Gasteiger partial charge >= 0.3 is 0 Å². The van der Waals surface area contributed by atoms with Crippen LogP contribution in [0.2, 0.25) is 0 Å². The van der Waals surface area contributed by atoms with E-state index in [2.05, 4.69) is 30.8 Å². The van der Waals surface area contributed by atoms with E-state index in [1.165, 1.54) is 0 Å². The van der Waals surface area contributed by atoms with Crippen molar-refractivity contribution in [3.8, 4) is 0 Å². The molecule has 2 rings (SSSR count). The van der Waals surface area contributed by atoms with Crippen molar-refractivity contribution in [1.29, 1.82) is 0 Å². The number of aromatic nitrogens is 6. The number of nitrogens with one attached hydrogen (secondary N) is 2. The van der Waals surface area contributed by atoms with Gasteiger partial charge in [0.15, 0.2) is 0 Å². The Labute approximate surface area is 79.5 Å². The third-order valence-electron chi connectivity index (χ3n) is 1.74. The molecule has 0 aromatic carbocycles. The van der Waals surface area contributed by atoms with Crippen LogP contribution in [0.1, 0.15) is 5.69 Å². The molecule has 0 fully saturated rings. The second-order valence-corrected chi connectivity index (χ2v) is 2.75. The number of H-pyrrole nitrogens is 1. The Hall–Kier alpha value is -2.12. The van der Waals surface area contributed by atoms with Crippen molar-refractivity contribution in [2.24, 2.45) is 7.05 Å². The van der Waals surface area contributed by atoms with Gasteiger partial charge in [0.25, 0.3) is 0 Å². The van der Waals surface area contributed by atoms with Crippen molar-refractivity contribution in [2.75, 3.05) is 11.1 Å². The third-order valence-corrected chi connectivity index (χ3v) is 1.74. The van der Waals surface area contributed by atoms with Gasteiger partial charge in [0, 0.05) is 7.05 Å². The van der Waals surface area contributed by atoms with Gasteiger partial charge in [-0.25, -0.2) is 5.10 Å². The highest BCUT2D eigenvalue weighted by Gasteiger charge is 2.02. The molecular weight excluding hydrogens is 184 g/mol. The molecular formula is C6H10N8. The Morgan fingerprint density at radius 2 is 2.50 bits per heavy atom. The first-order chi connectivity index (χ1) is 6.75. The zero-order valence-electron chi connectivity index (χ0n) is 7.60. The third kappa shape index (κ3) is 1.63. The number of aryl methyl sites for hydroxylation is 1. The molecule has 0 spiro atoms. The van der Waals surface area contributed by atoms with Crippen LogP contribution < -0.4 is 11.1 Å². The number of nitrogens with zero attached hydrogens (tertiary/aromatic N) is 5. The van der Waals surface area contributed by atoms with Crippen LogP contribution in [0.25, 0.3) is 0 Å². The zero-order chi connectivity index (χ0) is 9.97. The van der Waals surface area contributed by atoms with Gasteiger partial charge in [-0.05, 0) is 0 Å². The van der Waals surface area contributed by atoms with Crippen LogP contribution in [-0.2, 0) is 13.6 Å². The van der Waals surface area contributed by atoms with E-state index in [4.69, 9.17) is 5.73 Å². The van der Waals surface area contributed by atoms with E-state index in [0.717, 1.165) is 5.69 Å². The fourth-order valence-electron chi connectivity index (χ4n) is 0.994. The summed E-state index contributed by atoms with van der Waals surface area (Å²) in [5.41, 5.74) is 6.30. The molecule has 14 heavy (non-hydrogen) atoms. The van der Waals surface area contributed by atoms with Crippen molar-refractivity contribution in [3.05, 3.63) is 11.9 Å². The number of nitrogens with two attached hydrogens (primary N) is 1. The van der Waals surface area contributed by atoms with Gasteiger partial charge in [-0.3, -0.25) is 4.68 Å². The standard InChI is InChI=1S/C6H10N8/c1-14-4(3-9-13-14)2-8-6-10-5(7)11-12-6/h3H,2H2,1H3,(H4,7,8,10,11,12). The summed E-state index contributed by atoms with van der Waals surface area (Å²) in [4.78, 5) is 3.89. The lowest BCUT2D eigenvalue weighted by atomic mass is 10.5. The highest BCUT2D eigenvalue weighted by atomic mass is 15.4. The maximum atomic E-state index is 5.36. The Morgan fingerprint density at radius 3 is 3.07 bits per heavy atom. The van der Waals surface area contributed by atoms with Crippen molar-refractivity contribution in [3.63, 3.8) is 0 Å². The van der Waals surface area contributed by atoms with E-state index < -0.39 is 0 Å². The molecule has 74 valence electrons. The number of aromatic amines is 1. The summed E-state index contributed by atoms with van der Waals surface area (Å²) in [6.45, 7) is 0.556. The van der Waals surface area contributed by atoms with E-state index in [1.54, 1.807) is 10.9 Å². The molecule has 4 N–H and O–H groups in total. The van der Waals surface area contributed by atoms with Gasteiger partial charge in [0.05, 0.1) is 18.4 Å². The molecule has 2 heterocycles. The number of anilines is 2. The Balaban J connectivity index is 1.98. The Morgan fingerprint density at radius 1 is 1.64 bits per heavy atom. The molecule has 0 aliphatic rings. The van der Waals surface area contributed by atoms with E-state index in [-0.39, 0.29) is 5.95 Å². The summed E-state index contributed by atoms with van der Waals surface area (Å²) in [6.07, 6.45) is 1.67. The Bertz CT molecular complexity index is 415. The fourth-order valence-corrected chi connectivity index (χ4v) is 0.994. The second-order valence-electron chi connectivity index (χ2n) is 2.75. The summed E-state index contributed by atoms with van der Waals surface area (Å²) in [7, 11) is 1.82. The molecule has 0 saturated heterocycles. The van der Waals surface area contributed by atoms with E-state index in [9.17, 15) is 0 Å². The number of rotatable bonds is 3. The van der Waals surface area contributed by atoms with Crippen LogP contribution in [0.4, 0.5) is 11.9 Å². The molecule has 0 aliphatic heterocycles. The van der Waals surface area contributed by atoms with E-state index in [1.807, 2.05) is 7.05 Å². The van der Waals surface area contributed by atoms with Crippen LogP contribution in [0.5, 0.6) is 0 Å². The monoisotopic (exact) mass is 194 g/mol. The average Bonchev–Trinajstić information content (AvgIpc) is 2.72. The van der Waals surface area contributed by atoms with Gasteiger partial charge in [-0.15, -0.1) is 10.2 Å². The summed E-state index contributed by atoms with van der Waals surface area (Å²) < 4.78 is 1.67. The highest BCUT2D eigenvalue weighted by Crippen LogP contribution is 2.01. The van der Waals surface area contributed by atoms with Gasteiger partial charge in [-0.1, -0.05) is 5.21 Å². The maximum absolute atomic E-state index is 5.36. The van der Waals surface area contributed by atoms with Crippen LogP contribution in [0.3, 0.4) is 0 Å². The zero-order valence-corrected chi connectivity index (χ0v) is 7.60. The largest absolute Gasteiger partial charge is 0.368 e. The number of nitrogen functional groups attached to an aromatic ring is 1. The molecule has 0 saturated carbocycles. The normalized spacial score (nSPS) is 10.4. The van der Waals surface area contributed by atoms with Gasteiger partial charge < -0.3 is 11.1 Å². The quantitative estimate of drug-likeness (QED) is 0.585. The van der Waals surface area contributed by atoms with E-state index in [0.29, 0.717) is 12.5 Å². The summed E-state index contributed by atoms with van der Waals surface area (Å²) in [5, 5.41) is 16.9. The average molecular weight is 194 g/mol.